The number of pyridine rings is 1. The number of aromatic nitrogens is 1. The Labute approximate surface area is 249 Å². The Morgan fingerprint density at radius 1 is 0.902 bits per heavy atom. The van der Waals surface area contributed by atoms with E-state index in [4.69, 9.17) is 16.3 Å². The molecule has 6 rings (SSSR count). The number of fused-ring (bicyclic) bond motifs is 1. The molecule has 4 aromatic carbocycles. The predicted octanol–water partition coefficient (Wildman–Crippen LogP) is 7.92. The van der Waals surface area contributed by atoms with E-state index in [0.29, 0.717) is 35.2 Å². The zero-order valence-corrected chi connectivity index (χ0v) is 23.8. The molecule has 8 heteroatoms. The van der Waals surface area contributed by atoms with E-state index in [1.165, 1.54) is 0 Å². The summed E-state index contributed by atoms with van der Waals surface area (Å²) < 4.78 is 5.85. The van der Waals surface area contributed by atoms with Gasteiger partial charge in [0.2, 0.25) is 5.91 Å². The van der Waals surface area contributed by atoms with Crippen molar-refractivity contribution in [3.8, 4) is 22.6 Å². The predicted molar refractivity (Wildman–Crippen MR) is 169 cm³/mol. The van der Waals surface area contributed by atoms with E-state index in [2.05, 4.69) is 10.3 Å². The first-order valence-corrected chi connectivity index (χ1v) is 13.7. The first-order chi connectivity index (χ1) is 19.5. The molecule has 2 N–H and O–H groups in total. The van der Waals surface area contributed by atoms with Crippen LogP contribution in [-0.4, -0.2) is 24.0 Å². The van der Waals surface area contributed by atoms with E-state index in [1.54, 1.807) is 6.07 Å². The maximum absolute atomic E-state index is 13.5. The molecule has 0 aliphatic carbocycles. The van der Waals surface area contributed by atoms with Crippen LogP contribution in [-0.2, 0) is 4.79 Å². The highest BCUT2D eigenvalue weighted by molar-refractivity contribution is 6.31. The van der Waals surface area contributed by atoms with Gasteiger partial charge in [0.25, 0.3) is 5.56 Å². The standard InChI is InChI=1S/C33H28ClN3O3.ClH/c34-24-13-18-29-28(20-24)30(22-8-3-1-4-9-22)31(33(39)36-29)37-19-7-10-23(21-37)32(38)35-25-14-16-27(17-15-25)40-26-11-5-2-6-12-26;/h1-6,8-9,11-18,20,23H,7,10,19,21H2,(H,35,38)(H,36,39);1H. The van der Waals surface area contributed by atoms with Gasteiger partial charge in [0.1, 0.15) is 17.2 Å². The van der Waals surface area contributed by atoms with Crippen LogP contribution in [0, 0.1) is 5.92 Å². The minimum atomic E-state index is -0.271. The van der Waals surface area contributed by atoms with Gasteiger partial charge in [-0.3, -0.25) is 9.59 Å². The lowest BCUT2D eigenvalue weighted by atomic mass is 9.93. The number of carbonyl (C=O) groups excluding carboxylic acids is 1. The highest BCUT2D eigenvalue weighted by Crippen LogP contribution is 2.37. The van der Waals surface area contributed by atoms with Crippen LogP contribution in [0.4, 0.5) is 11.4 Å². The van der Waals surface area contributed by atoms with E-state index in [9.17, 15) is 9.59 Å². The van der Waals surface area contributed by atoms with Gasteiger partial charge in [0, 0.05) is 40.3 Å². The summed E-state index contributed by atoms with van der Waals surface area (Å²) in [5.41, 5.74) is 3.58. The van der Waals surface area contributed by atoms with Crippen molar-refractivity contribution in [2.75, 3.05) is 23.3 Å². The summed E-state index contributed by atoms with van der Waals surface area (Å²) in [6.07, 6.45) is 1.54. The van der Waals surface area contributed by atoms with Crippen LogP contribution in [0.15, 0.2) is 108 Å². The van der Waals surface area contributed by atoms with E-state index < -0.39 is 0 Å². The molecule has 5 aromatic rings. The van der Waals surface area contributed by atoms with Crippen LogP contribution in [0.5, 0.6) is 11.5 Å². The lowest BCUT2D eigenvalue weighted by Gasteiger charge is -2.34. The maximum Gasteiger partial charge on any atom is 0.272 e. The summed E-state index contributed by atoms with van der Waals surface area (Å²) in [6, 6.07) is 32.3. The fraction of sp³-hybridized carbons (Fsp3) is 0.152. The third kappa shape index (κ3) is 6.24. The summed E-state index contributed by atoms with van der Waals surface area (Å²) in [5.74, 6) is 1.11. The molecular formula is C33H29Cl2N3O3. The smallest absolute Gasteiger partial charge is 0.272 e. The topological polar surface area (TPSA) is 74.4 Å². The van der Waals surface area contributed by atoms with Gasteiger partial charge in [0.05, 0.1) is 5.92 Å². The van der Waals surface area contributed by atoms with E-state index in [0.717, 1.165) is 40.6 Å². The van der Waals surface area contributed by atoms with Crippen molar-refractivity contribution in [3.63, 3.8) is 0 Å². The highest BCUT2D eigenvalue weighted by Gasteiger charge is 2.29. The maximum atomic E-state index is 13.5. The Bertz CT molecular complexity index is 1710. The van der Waals surface area contributed by atoms with Crippen molar-refractivity contribution in [3.05, 3.63) is 119 Å². The number of hydrogen-bond donors (Lipinski definition) is 2. The highest BCUT2D eigenvalue weighted by atomic mass is 35.5. The number of anilines is 2. The number of benzene rings is 4. The lowest BCUT2D eigenvalue weighted by Crippen LogP contribution is -2.43. The Kier molecular flexibility index (Phi) is 8.62. The number of piperidine rings is 1. The molecule has 1 unspecified atom stereocenters. The summed E-state index contributed by atoms with van der Waals surface area (Å²) in [4.78, 5) is 31.9. The van der Waals surface area contributed by atoms with Crippen molar-refractivity contribution in [2.24, 2.45) is 5.92 Å². The summed E-state index contributed by atoms with van der Waals surface area (Å²) in [7, 11) is 0. The fourth-order valence-electron chi connectivity index (χ4n) is 5.32. The zero-order chi connectivity index (χ0) is 27.5. The molecule has 6 nitrogen and oxygen atoms in total. The quantitative estimate of drug-likeness (QED) is 0.212. The van der Waals surface area contributed by atoms with Crippen molar-refractivity contribution in [1.82, 2.24) is 4.98 Å². The normalized spacial score (nSPS) is 14.8. The van der Waals surface area contributed by atoms with Crippen molar-refractivity contribution < 1.29 is 9.53 Å². The molecule has 1 aromatic heterocycles. The number of nitrogens with one attached hydrogen (secondary N) is 2. The van der Waals surface area contributed by atoms with Crippen molar-refractivity contribution in [2.45, 2.75) is 12.8 Å². The molecule has 0 radical (unpaired) electrons. The number of amides is 1. The number of aromatic amines is 1. The number of H-pyrrole nitrogens is 1. The van der Waals surface area contributed by atoms with Crippen LogP contribution < -0.4 is 20.5 Å². The second-order valence-electron chi connectivity index (χ2n) is 9.95. The number of hydrogen-bond acceptors (Lipinski definition) is 4. The second-order valence-corrected chi connectivity index (χ2v) is 10.4. The van der Waals surface area contributed by atoms with Crippen LogP contribution >= 0.6 is 24.0 Å². The Morgan fingerprint density at radius 2 is 1.59 bits per heavy atom. The van der Waals surface area contributed by atoms with Crippen LogP contribution in [0.3, 0.4) is 0 Å². The van der Waals surface area contributed by atoms with E-state index >= 15 is 0 Å². The minimum absolute atomic E-state index is 0. The minimum Gasteiger partial charge on any atom is -0.457 e. The first kappa shape index (κ1) is 28.3. The molecule has 1 atom stereocenters. The van der Waals surface area contributed by atoms with E-state index in [1.807, 2.05) is 102 Å². The number of para-hydroxylation sites is 1. The molecule has 0 spiro atoms. The van der Waals surface area contributed by atoms with Gasteiger partial charge >= 0.3 is 0 Å². The molecule has 0 bridgehead atoms. The van der Waals surface area contributed by atoms with Gasteiger partial charge in [-0.2, -0.15) is 0 Å². The summed E-state index contributed by atoms with van der Waals surface area (Å²) in [6.45, 7) is 1.13. The number of carbonyl (C=O) groups is 1. The first-order valence-electron chi connectivity index (χ1n) is 13.3. The van der Waals surface area contributed by atoms with Gasteiger partial charge in [0.15, 0.2) is 0 Å². The van der Waals surface area contributed by atoms with Gasteiger partial charge in [-0.1, -0.05) is 60.1 Å². The molecular weight excluding hydrogens is 557 g/mol. The van der Waals surface area contributed by atoms with Crippen LogP contribution in [0.2, 0.25) is 5.02 Å². The van der Waals surface area contributed by atoms with Gasteiger partial charge < -0.3 is 19.9 Å². The van der Waals surface area contributed by atoms with Crippen molar-refractivity contribution >= 4 is 52.2 Å². The van der Waals surface area contributed by atoms with Crippen LogP contribution in [0.1, 0.15) is 12.8 Å². The van der Waals surface area contributed by atoms with Gasteiger partial charge in [-0.15, -0.1) is 12.4 Å². The third-order valence-corrected chi connectivity index (χ3v) is 7.46. The Hall–Kier alpha value is -4.26. The Balaban J connectivity index is 0.00000337. The largest absolute Gasteiger partial charge is 0.457 e. The number of halogens is 2. The van der Waals surface area contributed by atoms with Gasteiger partial charge in [-0.05, 0) is 73.0 Å². The SMILES string of the molecule is Cl.O=C(Nc1ccc(Oc2ccccc2)cc1)C1CCCN(c2c(-c3ccccc3)c3cc(Cl)ccc3[nH]c2=O)C1. The average molecular weight is 587 g/mol. The number of rotatable bonds is 6. The second kappa shape index (κ2) is 12.5. The van der Waals surface area contributed by atoms with Gasteiger partial charge in [-0.25, -0.2) is 0 Å². The van der Waals surface area contributed by atoms with E-state index in [-0.39, 0.29) is 29.8 Å². The third-order valence-electron chi connectivity index (χ3n) is 7.22. The number of nitrogens with zero attached hydrogens (tertiary/aromatic N) is 1. The Morgan fingerprint density at radius 3 is 2.32 bits per heavy atom. The lowest BCUT2D eigenvalue weighted by molar-refractivity contribution is -0.120. The van der Waals surface area contributed by atoms with Crippen molar-refractivity contribution in [1.29, 1.82) is 0 Å². The fourth-order valence-corrected chi connectivity index (χ4v) is 5.50. The molecule has 1 fully saturated rings. The molecule has 1 amide bonds. The molecule has 1 aliphatic rings. The molecule has 1 saturated heterocycles. The number of ether oxygens (including phenoxy) is 1. The molecule has 208 valence electrons. The molecule has 2 heterocycles. The summed E-state index contributed by atoms with van der Waals surface area (Å²) in [5, 5.41) is 4.52. The molecule has 0 saturated carbocycles. The molecule has 1 aliphatic heterocycles. The van der Waals surface area contributed by atoms with Crippen LogP contribution in [0.25, 0.3) is 22.0 Å². The average Bonchev–Trinajstić information content (AvgIpc) is 2.99. The molecule has 41 heavy (non-hydrogen) atoms. The zero-order valence-electron chi connectivity index (χ0n) is 22.2. The monoisotopic (exact) mass is 585 g/mol. The summed E-state index contributed by atoms with van der Waals surface area (Å²) >= 11 is 6.38.